The molecule has 0 bridgehead atoms. The lowest BCUT2D eigenvalue weighted by atomic mass is 10.1. The third-order valence-electron chi connectivity index (χ3n) is 2.77. The Morgan fingerprint density at radius 2 is 2.14 bits per heavy atom. The average Bonchev–Trinajstić information content (AvgIpc) is 2.44. The van der Waals surface area contributed by atoms with Gasteiger partial charge in [-0.1, -0.05) is 23.4 Å². The van der Waals surface area contributed by atoms with Crippen LogP contribution in [0.25, 0.3) is 10.9 Å². The fourth-order valence-electron chi connectivity index (χ4n) is 1.74. The fraction of sp³-hybridized carbons (Fsp3) is 0.231. The largest absolute Gasteiger partial charge is 0.409 e. The van der Waals surface area contributed by atoms with Crippen LogP contribution in [0.15, 0.2) is 40.5 Å². The van der Waals surface area contributed by atoms with Gasteiger partial charge in [-0.2, -0.15) is 0 Å². The Kier molecular flexibility index (Phi) is 4.69. The smallest absolute Gasteiger partial charge is 0.172 e. The summed E-state index contributed by atoms with van der Waals surface area (Å²) in [6, 6.07) is 9.24. The zero-order valence-corrected chi connectivity index (χ0v) is 13.0. The van der Waals surface area contributed by atoms with E-state index in [1.807, 2.05) is 24.3 Å². The Hall–Kier alpha value is -1.80. The Morgan fingerprint density at radius 1 is 1.43 bits per heavy atom. The van der Waals surface area contributed by atoms with E-state index in [0.717, 1.165) is 10.9 Å². The van der Waals surface area contributed by atoms with Gasteiger partial charge in [-0.3, -0.25) is 0 Å². The summed E-state index contributed by atoms with van der Waals surface area (Å²) in [7, 11) is -3.03. The molecule has 2 rings (SSSR count). The Morgan fingerprint density at radius 3 is 2.81 bits per heavy atom. The highest BCUT2D eigenvalue weighted by Gasteiger charge is 2.12. The number of sulfone groups is 1. The van der Waals surface area contributed by atoms with Gasteiger partial charge in [-0.05, 0) is 12.1 Å². The van der Waals surface area contributed by atoms with E-state index in [9.17, 15) is 8.42 Å². The van der Waals surface area contributed by atoms with Crippen molar-refractivity contribution in [2.24, 2.45) is 10.9 Å². The van der Waals surface area contributed by atoms with Crippen LogP contribution in [0.2, 0.25) is 0 Å². The third-order valence-corrected chi connectivity index (χ3v) is 4.96. The molecule has 2 aromatic rings. The minimum atomic E-state index is -3.03. The van der Waals surface area contributed by atoms with Crippen molar-refractivity contribution in [2.75, 3.05) is 17.8 Å². The maximum Gasteiger partial charge on any atom is 0.172 e. The van der Waals surface area contributed by atoms with Crippen molar-refractivity contribution in [3.8, 4) is 0 Å². The molecule has 0 radical (unpaired) electrons. The average molecular weight is 325 g/mol. The van der Waals surface area contributed by atoms with Crippen LogP contribution in [0.3, 0.4) is 0 Å². The quantitative estimate of drug-likeness (QED) is 0.283. The second-order valence-corrected chi connectivity index (χ2v) is 7.84. The lowest BCUT2D eigenvalue weighted by Gasteiger charge is -2.09. The number of nitrogens with zero attached hydrogens (tertiary/aromatic N) is 2. The molecule has 0 aliphatic carbocycles. The van der Waals surface area contributed by atoms with Gasteiger partial charge in [0.2, 0.25) is 0 Å². The molecule has 1 heterocycles. The number of amidine groups is 1. The van der Waals surface area contributed by atoms with E-state index in [1.54, 1.807) is 6.07 Å². The Bertz CT molecular complexity index is 788. The third kappa shape index (κ3) is 4.08. The predicted molar refractivity (Wildman–Crippen MR) is 84.7 cm³/mol. The number of aromatic nitrogens is 1. The molecule has 0 saturated heterocycles. The van der Waals surface area contributed by atoms with Crippen molar-refractivity contribution in [3.63, 3.8) is 0 Å². The van der Waals surface area contributed by atoms with Gasteiger partial charge in [0.1, 0.15) is 14.9 Å². The topological polar surface area (TPSA) is 106 Å². The second kappa shape index (κ2) is 6.31. The van der Waals surface area contributed by atoms with E-state index in [-0.39, 0.29) is 11.6 Å². The van der Waals surface area contributed by atoms with E-state index < -0.39 is 9.84 Å². The van der Waals surface area contributed by atoms with Gasteiger partial charge in [0, 0.05) is 17.4 Å². The first-order chi connectivity index (χ1) is 9.90. The predicted octanol–water partition coefficient (Wildman–Crippen LogP) is 1.47. The highest BCUT2D eigenvalue weighted by atomic mass is 32.2. The Labute approximate surface area is 127 Å². The normalized spacial score (nSPS) is 12.7. The van der Waals surface area contributed by atoms with E-state index >= 15 is 0 Å². The number of thioether (sulfide) groups is 1. The van der Waals surface area contributed by atoms with Gasteiger partial charge < -0.3 is 10.9 Å². The molecule has 0 fully saturated rings. The summed E-state index contributed by atoms with van der Waals surface area (Å²) in [5.41, 5.74) is 6.94. The van der Waals surface area contributed by atoms with E-state index in [1.165, 1.54) is 18.0 Å². The maximum atomic E-state index is 11.2. The summed E-state index contributed by atoms with van der Waals surface area (Å²) in [6.07, 6.45) is 1.19. The number of rotatable bonds is 5. The minimum Gasteiger partial charge on any atom is -0.409 e. The van der Waals surface area contributed by atoms with Gasteiger partial charge in [0.25, 0.3) is 0 Å². The number of fused-ring (bicyclic) bond motifs is 1. The molecular weight excluding hydrogens is 310 g/mol. The number of nitrogens with two attached hydrogens (primary N) is 1. The SMILES string of the molecule is CS(=O)(=O)CCSc1nc2ccccc2cc1C(N)=NO. The number of hydrogen-bond acceptors (Lipinski definition) is 6. The highest BCUT2D eigenvalue weighted by molar-refractivity contribution is 8.00. The van der Waals surface area contributed by atoms with Gasteiger partial charge >= 0.3 is 0 Å². The van der Waals surface area contributed by atoms with E-state index in [2.05, 4.69) is 10.1 Å². The first kappa shape index (κ1) is 15.6. The summed E-state index contributed by atoms with van der Waals surface area (Å²) in [5, 5.41) is 13.3. The number of pyridine rings is 1. The minimum absolute atomic E-state index is 0.0434. The molecule has 3 N–H and O–H groups in total. The number of para-hydroxylation sites is 1. The van der Waals surface area contributed by atoms with Crippen molar-refractivity contribution in [1.29, 1.82) is 0 Å². The molecule has 112 valence electrons. The summed E-state index contributed by atoms with van der Waals surface area (Å²) in [6.45, 7) is 0. The maximum absolute atomic E-state index is 11.2. The molecule has 8 heteroatoms. The van der Waals surface area contributed by atoms with Crippen LogP contribution in [-0.4, -0.2) is 42.2 Å². The van der Waals surface area contributed by atoms with Crippen molar-refractivity contribution in [3.05, 3.63) is 35.9 Å². The standard InChI is InChI=1S/C13H15N3O3S2/c1-21(18,19)7-6-20-13-10(12(14)16-17)8-9-4-2-3-5-11(9)15-13/h2-5,8,17H,6-7H2,1H3,(H2,14,16). The first-order valence-electron chi connectivity index (χ1n) is 6.09. The van der Waals surface area contributed by atoms with Crippen LogP contribution in [0.5, 0.6) is 0 Å². The molecule has 0 aliphatic heterocycles. The van der Waals surface area contributed by atoms with Crippen molar-refractivity contribution >= 4 is 38.3 Å². The van der Waals surface area contributed by atoms with E-state index in [0.29, 0.717) is 16.3 Å². The molecule has 0 atom stereocenters. The molecule has 0 amide bonds. The lowest BCUT2D eigenvalue weighted by molar-refractivity contribution is 0.318. The van der Waals surface area contributed by atoms with Crippen LogP contribution >= 0.6 is 11.8 Å². The molecular formula is C13H15N3O3S2. The summed E-state index contributed by atoms with van der Waals surface area (Å²) in [4.78, 5) is 4.46. The van der Waals surface area contributed by atoms with Crippen LogP contribution < -0.4 is 5.73 Å². The van der Waals surface area contributed by atoms with Gasteiger partial charge in [-0.15, -0.1) is 11.8 Å². The molecule has 0 spiro atoms. The zero-order chi connectivity index (χ0) is 15.5. The van der Waals surface area contributed by atoms with Crippen LogP contribution in [0.1, 0.15) is 5.56 Å². The molecule has 0 aliphatic rings. The van der Waals surface area contributed by atoms with Crippen molar-refractivity contribution < 1.29 is 13.6 Å². The van der Waals surface area contributed by atoms with Crippen LogP contribution in [0, 0.1) is 0 Å². The molecule has 6 nitrogen and oxygen atoms in total. The number of oxime groups is 1. The number of hydrogen-bond donors (Lipinski definition) is 2. The lowest BCUT2D eigenvalue weighted by Crippen LogP contribution is -2.15. The molecule has 0 saturated carbocycles. The summed E-state index contributed by atoms with van der Waals surface area (Å²) >= 11 is 1.27. The number of benzene rings is 1. The van der Waals surface area contributed by atoms with Gasteiger partial charge in [0.15, 0.2) is 5.84 Å². The first-order valence-corrected chi connectivity index (χ1v) is 9.13. The monoisotopic (exact) mass is 325 g/mol. The Balaban J connectivity index is 2.39. The molecule has 1 aromatic heterocycles. The van der Waals surface area contributed by atoms with Crippen LogP contribution in [0.4, 0.5) is 0 Å². The van der Waals surface area contributed by atoms with Crippen molar-refractivity contribution in [1.82, 2.24) is 4.98 Å². The fourth-order valence-corrected chi connectivity index (χ4v) is 3.95. The highest BCUT2D eigenvalue weighted by Crippen LogP contribution is 2.25. The van der Waals surface area contributed by atoms with Gasteiger partial charge in [-0.25, -0.2) is 13.4 Å². The zero-order valence-electron chi connectivity index (χ0n) is 11.4. The van der Waals surface area contributed by atoms with Crippen molar-refractivity contribution in [2.45, 2.75) is 5.03 Å². The van der Waals surface area contributed by atoms with Gasteiger partial charge in [0.05, 0.1) is 16.8 Å². The molecule has 21 heavy (non-hydrogen) atoms. The second-order valence-electron chi connectivity index (χ2n) is 4.50. The molecule has 1 aromatic carbocycles. The van der Waals surface area contributed by atoms with E-state index in [4.69, 9.17) is 10.9 Å². The summed E-state index contributed by atoms with van der Waals surface area (Å²) < 4.78 is 22.4. The summed E-state index contributed by atoms with van der Waals surface area (Å²) in [5.74, 6) is 0.354. The van der Waals surface area contributed by atoms with Crippen LogP contribution in [-0.2, 0) is 9.84 Å². The molecule has 0 unspecified atom stereocenters.